The summed E-state index contributed by atoms with van der Waals surface area (Å²) >= 11 is 0. The molecule has 0 aromatic carbocycles. The summed E-state index contributed by atoms with van der Waals surface area (Å²) in [5.41, 5.74) is 0. The average Bonchev–Trinajstić information content (AvgIpc) is 2.13. The Balaban J connectivity index is 2.86. The van der Waals surface area contributed by atoms with Crippen LogP contribution < -0.4 is 9.78 Å². The number of aromatic nitrogens is 3. The van der Waals surface area contributed by atoms with Crippen LogP contribution in [0, 0.1) is 0 Å². The van der Waals surface area contributed by atoms with Crippen LogP contribution in [0.5, 0.6) is 0 Å². The molecule has 0 N–H and O–H groups in total. The van der Waals surface area contributed by atoms with Crippen molar-refractivity contribution >= 4 is 5.90 Å². The quantitative estimate of drug-likeness (QED) is 0.264. The van der Waals surface area contributed by atoms with Gasteiger partial charge in [-0.05, 0) is 12.8 Å². The summed E-state index contributed by atoms with van der Waals surface area (Å²) in [5.74, 6) is -0.238. The molecule has 5 nitrogen and oxygen atoms in total. The van der Waals surface area contributed by atoms with Crippen LogP contribution in [0.4, 0.5) is 0 Å². The summed E-state index contributed by atoms with van der Waals surface area (Å²) in [4.78, 5) is 0. The molecule has 0 unspecified atom stereocenters. The van der Waals surface area contributed by atoms with E-state index in [4.69, 9.17) is 0 Å². The van der Waals surface area contributed by atoms with Crippen LogP contribution >= 0.6 is 0 Å². The van der Waals surface area contributed by atoms with Gasteiger partial charge < -0.3 is 5.11 Å². The molecule has 1 aromatic rings. The monoisotopic (exact) mass is 140 g/mol. The van der Waals surface area contributed by atoms with Crippen molar-refractivity contribution in [2.24, 2.45) is 12.1 Å². The molecule has 0 saturated heterocycles. The van der Waals surface area contributed by atoms with Crippen molar-refractivity contribution in [3.05, 3.63) is 12.7 Å². The third kappa shape index (κ3) is 1.54. The summed E-state index contributed by atoms with van der Waals surface area (Å²) in [6.45, 7) is 1.39. The molecule has 0 atom stereocenters. The predicted octanol–water partition coefficient (Wildman–Crippen LogP) is -1.75. The lowest BCUT2D eigenvalue weighted by molar-refractivity contribution is -0.682. The molecule has 10 heavy (non-hydrogen) atoms. The van der Waals surface area contributed by atoms with Crippen LogP contribution in [0.3, 0.4) is 0 Å². The molecule has 0 saturated carbocycles. The van der Waals surface area contributed by atoms with E-state index in [-0.39, 0.29) is 5.90 Å². The third-order valence-electron chi connectivity index (χ3n) is 0.894. The van der Waals surface area contributed by atoms with Crippen LogP contribution in [0.15, 0.2) is 17.8 Å². The minimum atomic E-state index is -0.238. The van der Waals surface area contributed by atoms with Gasteiger partial charge in [-0.3, -0.25) is 0 Å². The van der Waals surface area contributed by atoms with Gasteiger partial charge in [0.25, 0.3) is 6.33 Å². The molecule has 0 fully saturated rings. The van der Waals surface area contributed by atoms with E-state index in [0.29, 0.717) is 0 Å². The Morgan fingerprint density at radius 2 is 2.50 bits per heavy atom. The van der Waals surface area contributed by atoms with E-state index in [2.05, 4.69) is 10.2 Å². The molecule has 1 heterocycles. The molecule has 0 aliphatic heterocycles. The molecule has 0 aliphatic carbocycles. The molecule has 1 aromatic heterocycles. The van der Waals surface area contributed by atoms with Gasteiger partial charge in [0.2, 0.25) is 6.33 Å². The predicted molar refractivity (Wildman–Crippen MR) is 31.9 cm³/mol. The fraction of sp³-hybridized carbons (Fsp3) is 0.400. The maximum atomic E-state index is 10.4. The molecule has 0 amide bonds. The van der Waals surface area contributed by atoms with E-state index < -0.39 is 0 Å². The SMILES string of the molecule is C/C([O-])=N/[n+]1cnn(C)c1. The second-order valence-corrected chi connectivity index (χ2v) is 1.92. The lowest BCUT2D eigenvalue weighted by Gasteiger charge is -1.95. The van der Waals surface area contributed by atoms with Crippen LogP contribution in [0.1, 0.15) is 6.92 Å². The molecule has 0 aliphatic rings. The zero-order valence-corrected chi connectivity index (χ0v) is 5.85. The molecule has 0 spiro atoms. The number of aryl methyl sites for hydroxylation is 1. The van der Waals surface area contributed by atoms with Gasteiger partial charge in [0.1, 0.15) is 0 Å². The van der Waals surface area contributed by atoms with Crippen LogP contribution in [-0.2, 0) is 7.05 Å². The Morgan fingerprint density at radius 3 is 2.90 bits per heavy atom. The largest absolute Gasteiger partial charge is 0.860 e. The topological polar surface area (TPSA) is 57.1 Å². The van der Waals surface area contributed by atoms with E-state index in [1.807, 2.05) is 0 Å². The Bertz CT molecular complexity index is 248. The Morgan fingerprint density at radius 1 is 1.80 bits per heavy atom. The van der Waals surface area contributed by atoms with Crippen molar-refractivity contribution in [3.8, 4) is 0 Å². The van der Waals surface area contributed by atoms with E-state index >= 15 is 0 Å². The van der Waals surface area contributed by atoms with Crippen molar-refractivity contribution in [1.82, 2.24) is 9.78 Å². The number of hydrogen-bond donors (Lipinski definition) is 0. The first-order valence-corrected chi connectivity index (χ1v) is 2.81. The number of rotatable bonds is 1. The maximum Gasteiger partial charge on any atom is 0.288 e. The summed E-state index contributed by atoms with van der Waals surface area (Å²) < 4.78 is 2.93. The second kappa shape index (κ2) is 2.47. The van der Waals surface area contributed by atoms with E-state index in [1.165, 1.54) is 17.9 Å². The highest BCUT2D eigenvalue weighted by molar-refractivity contribution is 5.67. The third-order valence-corrected chi connectivity index (χ3v) is 0.894. The van der Waals surface area contributed by atoms with Crippen molar-refractivity contribution < 1.29 is 9.78 Å². The molecule has 0 bridgehead atoms. The van der Waals surface area contributed by atoms with Gasteiger partial charge in [-0.1, -0.05) is 0 Å². The zero-order chi connectivity index (χ0) is 7.56. The average molecular weight is 140 g/mol. The minimum Gasteiger partial charge on any atom is -0.860 e. The molecule has 54 valence electrons. The standard InChI is InChI=1S/C5H8N4O/c1-5(10)7-9-3-6-8(2)4-9/h3-4H,1-2H3. The van der Waals surface area contributed by atoms with Crippen molar-refractivity contribution in [2.75, 3.05) is 0 Å². The van der Waals surface area contributed by atoms with Gasteiger partial charge in [0, 0.05) is 5.10 Å². The van der Waals surface area contributed by atoms with Crippen molar-refractivity contribution in [3.63, 3.8) is 0 Å². The maximum absolute atomic E-state index is 10.4. The highest BCUT2D eigenvalue weighted by Crippen LogP contribution is 1.68. The Kier molecular flexibility index (Phi) is 1.66. The van der Waals surface area contributed by atoms with Gasteiger partial charge in [0.15, 0.2) is 0 Å². The van der Waals surface area contributed by atoms with Gasteiger partial charge in [-0.2, -0.15) is 0 Å². The second-order valence-electron chi connectivity index (χ2n) is 1.92. The van der Waals surface area contributed by atoms with Crippen LogP contribution in [0.25, 0.3) is 0 Å². The van der Waals surface area contributed by atoms with Gasteiger partial charge in [-0.25, -0.2) is 0 Å². The van der Waals surface area contributed by atoms with Crippen LogP contribution in [-0.4, -0.2) is 15.7 Å². The molecule has 0 radical (unpaired) electrons. The lowest BCUT2D eigenvalue weighted by Crippen LogP contribution is -2.29. The Hall–Kier alpha value is -1.39. The highest BCUT2D eigenvalue weighted by atomic mass is 16.3. The molecule has 5 heteroatoms. The summed E-state index contributed by atoms with van der Waals surface area (Å²) in [6, 6.07) is 0. The van der Waals surface area contributed by atoms with Crippen LogP contribution in [0.2, 0.25) is 0 Å². The fourth-order valence-corrected chi connectivity index (χ4v) is 0.579. The minimum absolute atomic E-state index is 0.238. The van der Waals surface area contributed by atoms with Crippen molar-refractivity contribution in [2.45, 2.75) is 6.92 Å². The van der Waals surface area contributed by atoms with Gasteiger partial charge >= 0.3 is 0 Å². The molecule has 1 rings (SSSR count). The Labute approximate surface area is 58.2 Å². The van der Waals surface area contributed by atoms with E-state index in [0.717, 1.165) is 0 Å². The summed E-state index contributed by atoms with van der Waals surface area (Å²) in [7, 11) is 1.76. The first-order chi connectivity index (χ1) is 4.68. The first kappa shape index (κ1) is 6.73. The van der Waals surface area contributed by atoms with E-state index in [1.54, 1.807) is 18.1 Å². The van der Waals surface area contributed by atoms with E-state index in [9.17, 15) is 5.11 Å². The number of hydrogen-bond acceptors (Lipinski definition) is 3. The summed E-state index contributed by atoms with van der Waals surface area (Å²) in [5, 5.41) is 17.8. The normalized spacial score (nSPS) is 12.0. The summed E-state index contributed by atoms with van der Waals surface area (Å²) in [6.07, 6.45) is 3.06. The number of nitrogens with zero attached hydrogens (tertiary/aromatic N) is 4. The zero-order valence-electron chi connectivity index (χ0n) is 5.85. The molecular formula is C5H8N4O. The lowest BCUT2D eigenvalue weighted by atomic mass is 10.8. The van der Waals surface area contributed by atoms with Gasteiger partial charge in [0.05, 0.1) is 7.05 Å². The highest BCUT2D eigenvalue weighted by Gasteiger charge is 1.95. The first-order valence-electron chi connectivity index (χ1n) is 2.81. The smallest absolute Gasteiger partial charge is 0.288 e. The van der Waals surface area contributed by atoms with Crippen molar-refractivity contribution in [1.29, 1.82) is 0 Å². The molecular weight excluding hydrogens is 132 g/mol. The van der Waals surface area contributed by atoms with Gasteiger partial charge in [-0.15, -0.1) is 14.5 Å². The fourth-order valence-electron chi connectivity index (χ4n) is 0.579.